The van der Waals surface area contributed by atoms with Crippen LogP contribution in [-0.2, 0) is 14.3 Å². The number of phenolic OH excluding ortho intramolecular Hbond substituents is 1. The second-order valence-corrected chi connectivity index (χ2v) is 10.4. The van der Waals surface area contributed by atoms with Gasteiger partial charge in [0.25, 0.3) is 0 Å². The highest BCUT2D eigenvalue weighted by molar-refractivity contribution is 6.19. The largest absolute Gasteiger partial charge is 0.507 e. The predicted octanol–water partition coefficient (Wildman–Crippen LogP) is 4.15. The van der Waals surface area contributed by atoms with Gasteiger partial charge in [0.2, 0.25) is 0 Å². The van der Waals surface area contributed by atoms with E-state index >= 15 is 0 Å². The number of hydrogen-bond acceptors (Lipinski definition) is 10. The molecule has 1 aliphatic rings. The highest BCUT2D eigenvalue weighted by atomic mass is 16.6. The maximum Gasteiger partial charge on any atom is 0.344 e. The fourth-order valence-corrected chi connectivity index (χ4v) is 5.95. The molecular weight excluding hydrogens is 530 g/mol. The van der Waals surface area contributed by atoms with Gasteiger partial charge in [0.1, 0.15) is 41.1 Å². The Balaban J connectivity index is 1.88. The standard InChI is InChI=1S/C31H33NO9/c1-8-16-11-19-23(21(12-16)37-6)18-13-22(38-7)25-20(34)10-9-17(24(25)29(18)41-31(19)36)30-27(35)26(32(4)5)28(14(2)39-30)40-15(3)33/h8-14,26-28,30,34-35H,1H2,2-7H3/t14-,26-,27-,28+,30+/m1/s1. The van der Waals surface area contributed by atoms with E-state index in [1.165, 1.54) is 27.2 Å². The summed E-state index contributed by atoms with van der Waals surface area (Å²) in [6.07, 6.45) is -1.86. The quantitative estimate of drug-likeness (QED) is 0.201. The number of methoxy groups -OCH3 is 2. The number of fused-ring (bicyclic) bond motifs is 5. The van der Waals surface area contributed by atoms with Crippen LogP contribution in [0.2, 0.25) is 0 Å². The molecule has 41 heavy (non-hydrogen) atoms. The summed E-state index contributed by atoms with van der Waals surface area (Å²) in [7, 11) is 6.54. The minimum absolute atomic E-state index is 0.112. The number of benzene rings is 3. The molecule has 2 N–H and O–H groups in total. The molecule has 5 rings (SSSR count). The number of likely N-dealkylation sites (N-methyl/N-ethyl adjacent to an activating group) is 1. The summed E-state index contributed by atoms with van der Waals surface area (Å²) in [4.78, 5) is 27.1. The van der Waals surface area contributed by atoms with Crippen LogP contribution in [0.1, 0.15) is 31.1 Å². The van der Waals surface area contributed by atoms with Gasteiger partial charge in [0.05, 0.1) is 37.1 Å². The van der Waals surface area contributed by atoms with Crippen LogP contribution in [0.4, 0.5) is 0 Å². The van der Waals surface area contributed by atoms with Gasteiger partial charge in [-0.05, 0) is 56.4 Å². The molecule has 0 bridgehead atoms. The molecule has 4 aromatic rings. The van der Waals surface area contributed by atoms with Crippen LogP contribution in [0.3, 0.4) is 0 Å². The second kappa shape index (κ2) is 10.7. The summed E-state index contributed by atoms with van der Waals surface area (Å²) < 4.78 is 29.2. The molecule has 0 unspecified atom stereocenters. The van der Waals surface area contributed by atoms with E-state index in [0.717, 1.165) is 0 Å². The van der Waals surface area contributed by atoms with Crippen molar-refractivity contribution in [3.63, 3.8) is 0 Å². The number of esters is 1. The molecule has 10 heteroatoms. The predicted molar refractivity (Wildman–Crippen MR) is 155 cm³/mol. The van der Waals surface area contributed by atoms with Gasteiger partial charge in [0.15, 0.2) is 0 Å². The molecular formula is C31H33NO9. The Kier molecular flexibility index (Phi) is 7.41. The number of phenols is 1. The van der Waals surface area contributed by atoms with Crippen LogP contribution in [0.25, 0.3) is 38.6 Å². The van der Waals surface area contributed by atoms with Crippen LogP contribution < -0.4 is 15.1 Å². The van der Waals surface area contributed by atoms with Gasteiger partial charge in [-0.3, -0.25) is 4.79 Å². The summed E-state index contributed by atoms with van der Waals surface area (Å²) in [5.74, 6) is 0.144. The summed E-state index contributed by atoms with van der Waals surface area (Å²) in [5, 5.41) is 24.6. The number of rotatable bonds is 6. The second-order valence-electron chi connectivity index (χ2n) is 10.4. The first-order valence-corrected chi connectivity index (χ1v) is 13.1. The number of ether oxygens (including phenoxy) is 4. The van der Waals surface area contributed by atoms with Gasteiger partial charge in [0, 0.05) is 23.1 Å². The molecule has 1 saturated heterocycles. The van der Waals surface area contributed by atoms with Crippen molar-refractivity contribution in [1.82, 2.24) is 4.90 Å². The number of aromatic hydroxyl groups is 1. The molecule has 1 aliphatic heterocycles. The lowest BCUT2D eigenvalue weighted by atomic mass is 9.86. The van der Waals surface area contributed by atoms with Crippen LogP contribution in [0, 0.1) is 0 Å². The van der Waals surface area contributed by atoms with Crippen LogP contribution in [0.15, 0.2) is 46.1 Å². The van der Waals surface area contributed by atoms with Crippen molar-refractivity contribution < 1.29 is 38.4 Å². The molecule has 1 fully saturated rings. The normalized spacial score (nSPS) is 22.8. The Hall–Kier alpha value is -4.12. The lowest BCUT2D eigenvalue weighted by Crippen LogP contribution is -2.60. The van der Waals surface area contributed by atoms with Crippen molar-refractivity contribution in [2.24, 2.45) is 0 Å². The maximum atomic E-state index is 13.4. The zero-order valence-electron chi connectivity index (χ0n) is 23.8. The van der Waals surface area contributed by atoms with E-state index in [0.29, 0.717) is 38.8 Å². The van der Waals surface area contributed by atoms with Crippen LogP contribution in [-0.4, -0.2) is 73.8 Å². The molecule has 2 heterocycles. The first-order chi connectivity index (χ1) is 19.5. The van der Waals surface area contributed by atoms with Crippen molar-refractivity contribution in [3.8, 4) is 17.2 Å². The van der Waals surface area contributed by atoms with Crippen molar-refractivity contribution in [2.45, 2.75) is 44.3 Å². The van der Waals surface area contributed by atoms with E-state index in [1.54, 1.807) is 56.3 Å². The van der Waals surface area contributed by atoms with Gasteiger partial charge in [-0.1, -0.05) is 18.7 Å². The van der Waals surface area contributed by atoms with Gasteiger partial charge >= 0.3 is 11.6 Å². The molecule has 0 aliphatic carbocycles. The summed E-state index contributed by atoms with van der Waals surface area (Å²) >= 11 is 0. The summed E-state index contributed by atoms with van der Waals surface area (Å²) in [6, 6.07) is 7.59. The molecule has 0 spiro atoms. The average molecular weight is 564 g/mol. The number of aliphatic hydroxyl groups is 1. The molecule has 0 saturated carbocycles. The van der Waals surface area contributed by atoms with Crippen molar-refractivity contribution in [3.05, 3.63) is 58.5 Å². The lowest BCUT2D eigenvalue weighted by molar-refractivity contribution is -0.212. The number of carbonyl (C=O) groups is 1. The monoisotopic (exact) mass is 563 g/mol. The Labute approximate surface area is 236 Å². The topological polar surface area (TPSA) is 128 Å². The van der Waals surface area contributed by atoms with E-state index in [-0.39, 0.29) is 22.1 Å². The van der Waals surface area contributed by atoms with Crippen LogP contribution in [0.5, 0.6) is 17.2 Å². The average Bonchev–Trinajstić information content (AvgIpc) is 2.94. The van der Waals surface area contributed by atoms with E-state index in [4.69, 9.17) is 23.4 Å². The highest BCUT2D eigenvalue weighted by Gasteiger charge is 2.47. The SMILES string of the molecule is C=Cc1cc(OC)c2c(c1)c(=O)oc1c2cc(OC)c2c(O)ccc([C@@H]3O[C@H](C)[C@H](OC(C)=O)[C@H](N(C)C)[C@H]3O)c21. The molecule has 0 radical (unpaired) electrons. The minimum Gasteiger partial charge on any atom is -0.507 e. The van der Waals surface area contributed by atoms with Gasteiger partial charge < -0.3 is 38.5 Å². The minimum atomic E-state index is -1.17. The Bertz CT molecular complexity index is 1740. The molecule has 0 amide bonds. The maximum absolute atomic E-state index is 13.4. The molecule has 1 aromatic heterocycles. The van der Waals surface area contributed by atoms with E-state index in [1.807, 2.05) is 0 Å². The van der Waals surface area contributed by atoms with Gasteiger partial charge in [-0.25, -0.2) is 4.79 Å². The van der Waals surface area contributed by atoms with Gasteiger partial charge in [-0.15, -0.1) is 0 Å². The van der Waals surface area contributed by atoms with E-state index in [9.17, 15) is 19.8 Å². The van der Waals surface area contributed by atoms with E-state index in [2.05, 4.69) is 6.58 Å². The molecule has 5 atom stereocenters. The van der Waals surface area contributed by atoms with Crippen LogP contribution >= 0.6 is 0 Å². The smallest absolute Gasteiger partial charge is 0.344 e. The Morgan fingerprint density at radius 2 is 1.73 bits per heavy atom. The third kappa shape index (κ3) is 4.57. The number of nitrogens with zero attached hydrogens (tertiary/aromatic N) is 1. The fraction of sp³-hybridized carbons (Fsp3) is 0.355. The Morgan fingerprint density at radius 1 is 1.05 bits per heavy atom. The zero-order chi connectivity index (χ0) is 29.7. The van der Waals surface area contributed by atoms with Gasteiger partial charge in [-0.2, -0.15) is 0 Å². The third-order valence-corrected chi connectivity index (χ3v) is 7.72. The highest BCUT2D eigenvalue weighted by Crippen LogP contribution is 2.47. The molecule has 216 valence electrons. The molecule has 3 aromatic carbocycles. The van der Waals surface area contributed by atoms with Crippen molar-refractivity contribution in [1.29, 1.82) is 0 Å². The van der Waals surface area contributed by atoms with E-state index < -0.39 is 42.1 Å². The van der Waals surface area contributed by atoms with Crippen molar-refractivity contribution in [2.75, 3.05) is 28.3 Å². The number of hydrogen-bond donors (Lipinski definition) is 2. The van der Waals surface area contributed by atoms with Crippen molar-refractivity contribution >= 4 is 44.6 Å². The summed E-state index contributed by atoms with van der Waals surface area (Å²) in [6.45, 7) is 6.87. The zero-order valence-corrected chi connectivity index (χ0v) is 23.8. The fourth-order valence-electron chi connectivity index (χ4n) is 5.95. The Morgan fingerprint density at radius 3 is 2.34 bits per heavy atom. The molecule has 10 nitrogen and oxygen atoms in total. The first-order valence-electron chi connectivity index (χ1n) is 13.1. The first kappa shape index (κ1) is 28.4. The third-order valence-electron chi connectivity index (χ3n) is 7.72. The lowest BCUT2D eigenvalue weighted by Gasteiger charge is -2.46. The summed E-state index contributed by atoms with van der Waals surface area (Å²) in [5.41, 5.74) is 0.686. The number of aliphatic hydroxyl groups excluding tert-OH is 1. The number of carbonyl (C=O) groups excluding carboxylic acids is 1.